The van der Waals surface area contributed by atoms with Crippen LogP contribution in [0.15, 0.2) is 52.6 Å². The highest BCUT2D eigenvalue weighted by Gasteiger charge is 2.30. The molecule has 1 aromatic rings. The van der Waals surface area contributed by atoms with Crippen molar-refractivity contribution in [1.82, 2.24) is 4.90 Å². The maximum atomic E-state index is 6.08. The van der Waals surface area contributed by atoms with Crippen LogP contribution in [-0.2, 0) is 0 Å². The number of aliphatic imine (C=N–C) groups is 1. The van der Waals surface area contributed by atoms with Gasteiger partial charge in [-0.15, -0.1) is 0 Å². The van der Waals surface area contributed by atoms with E-state index in [2.05, 4.69) is 43.1 Å². The van der Waals surface area contributed by atoms with Gasteiger partial charge in [0, 0.05) is 22.5 Å². The molecule has 1 aromatic carbocycles. The van der Waals surface area contributed by atoms with E-state index in [4.69, 9.17) is 28.8 Å². The van der Waals surface area contributed by atoms with Crippen molar-refractivity contribution in [1.29, 1.82) is 0 Å². The van der Waals surface area contributed by atoms with Crippen LogP contribution in [0.25, 0.3) is 0 Å². The Morgan fingerprint density at radius 3 is 2.96 bits per heavy atom. The van der Waals surface area contributed by atoms with Crippen LogP contribution in [0.2, 0.25) is 5.02 Å². The first-order valence-corrected chi connectivity index (χ1v) is 10.6. The Labute approximate surface area is 170 Å². The zero-order valence-electron chi connectivity index (χ0n) is 15.3. The fourth-order valence-corrected chi connectivity index (χ4v) is 4.97. The lowest BCUT2D eigenvalue weighted by atomic mass is 10.1. The van der Waals surface area contributed by atoms with Gasteiger partial charge in [-0.1, -0.05) is 52.7 Å². The average molecular weight is 406 g/mol. The smallest absolute Gasteiger partial charge is 0.179 e. The van der Waals surface area contributed by atoms with Gasteiger partial charge in [0.15, 0.2) is 10.3 Å². The van der Waals surface area contributed by atoms with Crippen molar-refractivity contribution in [2.45, 2.75) is 45.7 Å². The topological polar surface area (TPSA) is 27.6 Å². The van der Waals surface area contributed by atoms with Crippen molar-refractivity contribution < 1.29 is 0 Å². The minimum absolute atomic E-state index is 0.202. The molecule has 2 unspecified atom stereocenters. The van der Waals surface area contributed by atoms with Crippen molar-refractivity contribution in [2.75, 3.05) is 11.1 Å². The first kappa shape index (κ1) is 19.5. The van der Waals surface area contributed by atoms with E-state index in [1.165, 1.54) is 11.1 Å². The Kier molecular flexibility index (Phi) is 6.43. The number of benzene rings is 1. The molecule has 1 aliphatic carbocycles. The molecule has 2 aliphatic rings. The van der Waals surface area contributed by atoms with E-state index in [1.807, 2.05) is 24.3 Å². The summed E-state index contributed by atoms with van der Waals surface area (Å²) in [7, 11) is 0. The highest BCUT2D eigenvalue weighted by Crippen LogP contribution is 2.28. The Balaban J connectivity index is 1.77. The third-order valence-corrected chi connectivity index (χ3v) is 6.18. The van der Waals surface area contributed by atoms with Crippen LogP contribution in [0.4, 0.5) is 5.69 Å². The molecular weight excluding hydrogens is 382 g/mol. The zero-order valence-corrected chi connectivity index (χ0v) is 17.7. The lowest BCUT2D eigenvalue weighted by Crippen LogP contribution is -2.40. The number of thiocarbonyl (C=S) groups is 1. The number of amidine groups is 1. The number of halogens is 1. The van der Waals surface area contributed by atoms with E-state index in [0.717, 1.165) is 29.4 Å². The van der Waals surface area contributed by atoms with E-state index < -0.39 is 0 Å². The molecule has 0 aromatic heterocycles. The predicted octanol–water partition coefficient (Wildman–Crippen LogP) is 5.89. The van der Waals surface area contributed by atoms with Crippen LogP contribution in [0.3, 0.4) is 0 Å². The van der Waals surface area contributed by atoms with Gasteiger partial charge in [0.25, 0.3) is 0 Å². The third kappa shape index (κ3) is 4.90. The summed E-state index contributed by atoms with van der Waals surface area (Å²) in [5.74, 6) is 0.989. The monoisotopic (exact) mass is 405 g/mol. The second-order valence-corrected chi connectivity index (χ2v) is 8.70. The molecule has 6 heteroatoms. The molecule has 1 N–H and O–H groups in total. The van der Waals surface area contributed by atoms with E-state index in [0.29, 0.717) is 16.2 Å². The van der Waals surface area contributed by atoms with Gasteiger partial charge in [-0.2, -0.15) is 0 Å². The molecule has 1 fully saturated rings. The summed E-state index contributed by atoms with van der Waals surface area (Å²) in [6.45, 7) is 6.52. The molecule has 138 valence electrons. The first-order chi connectivity index (χ1) is 12.4. The Morgan fingerprint density at radius 1 is 1.38 bits per heavy atom. The molecule has 1 aliphatic heterocycles. The number of hydrogen-bond acceptors (Lipinski definition) is 3. The van der Waals surface area contributed by atoms with Gasteiger partial charge < -0.3 is 5.32 Å². The maximum absolute atomic E-state index is 6.08. The van der Waals surface area contributed by atoms with Gasteiger partial charge in [-0.25, -0.2) is 0 Å². The lowest BCUT2D eigenvalue weighted by molar-refractivity contribution is 0.530. The van der Waals surface area contributed by atoms with Crippen molar-refractivity contribution in [3.63, 3.8) is 0 Å². The second-order valence-electron chi connectivity index (χ2n) is 6.89. The average Bonchev–Trinajstić information content (AvgIpc) is 2.84. The number of hydrogen-bond donors (Lipinski definition) is 1. The minimum Gasteiger partial charge on any atom is -0.332 e. The van der Waals surface area contributed by atoms with Gasteiger partial charge >= 0.3 is 0 Å². The van der Waals surface area contributed by atoms with E-state index in [9.17, 15) is 0 Å². The number of anilines is 1. The summed E-state index contributed by atoms with van der Waals surface area (Å²) in [6.07, 6.45) is 6.65. The molecule has 1 saturated heterocycles. The number of allylic oxidation sites excluding steroid dienone is 3. The van der Waals surface area contributed by atoms with E-state index >= 15 is 0 Å². The van der Waals surface area contributed by atoms with Crippen LogP contribution < -0.4 is 5.32 Å². The molecule has 0 radical (unpaired) electrons. The number of nitrogens with zero attached hydrogens (tertiary/aromatic N) is 2. The fraction of sp³-hybridized carbons (Fsp3) is 0.400. The molecule has 26 heavy (non-hydrogen) atoms. The van der Waals surface area contributed by atoms with Crippen LogP contribution in [-0.4, -0.2) is 33.0 Å². The second kappa shape index (κ2) is 8.59. The number of rotatable bonds is 2. The minimum atomic E-state index is 0.202. The molecule has 1 heterocycles. The molecule has 0 amide bonds. The molecule has 0 bridgehead atoms. The standard InChI is InChI=1S/C20H24ClN3S2/c1-13-7-8-18(10-14(2)9-13)23-20-24(15(3)12-26-20)19(25)22-17-6-4-5-16(21)11-17/h4-6,9-11,15,18H,7-8,12H2,1-3H3,(H,22,25)/b23-20+. The van der Waals surface area contributed by atoms with Crippen molar-refractivity contribution in [3.05, 3.63) is 52.6 Å². The fourth-order valence-electron chi connectivity index (χ4n) is 3.18. The highest BCUT2D eigenvalue weighted by atomic mass is 35.5. The number of thioether (sulfide) groups is 1. The van der Waals surface area contributed by atoms with E-state index in [1.54, 1.807) is 11.8 Å². The van der Waals surface area contributed by atoms with Crippen molar-refractivity contribution in [2.24, 2.45) is 4.99 Å². The van der Waals surface area contributed by atoms with Crippen LogP contribution in [0.1, 0.15) is 33.6 Å². The maximum Gasteiger partial charge on any atom is 0.179 e. The van der Waals surface area contributed by atoms with Crippen LogP contribution in [0, 0.1) is 0 Å². The summed E-state index contributed by atoms with van der Waals surface area (Å²) in [4.78, 5) is 7.17. The Morgan fingerprint density at radius 2 is 2.19 bits per heavy atom. The van der Waals surface area contributed by atoms with E-state index in [-0.39, 0.29) is 6.04 Å². The highest BCUT2D eigenvalue weighted by molar-refractivity contribution is 8.14. The zero-order chi connectivity index (χ0) is 18.7. The number of nitrogens with one attached hydrogen (secondary N) is 1. The molecule has 3 rings (SSSR count). The SMILES string of the molecule is CC1=CC(/N=C2/SCC(C)N2C(=S)Nc2cccc(Cl)c2)CCC(C)=C1. The Bertz CT molecular complexity index is 785. The Hall–Kier alpha value is -1.30. The summed E-state index contributed by atoms with van der Waals surface area (Å²) in [6, 6.07) is 8.13. The molecular formula is C20H24ClN3S2. The summed E-state index contributed by atoms with van der Waals surface area (Å²) in [5.41, 5.74) is 3.61. The van der Waals surface area contributed by atoms with Gasteiger partial charge in [-0.3, -0.25) is 9.89 Å². The molecule has 3 nitrogen and oxygen atoms in total. The summed E-state index contributed by atoms with van der Waals surface area (Å²) in [5, 5.41) is 5.67. The van der Waals surface area contributed by atoms with Crippen molar-refractivity contribution >= 4 is 51.5 Å². The van der Waals surface area contributed by atoms with Crippen LogP contribution in [0.5, 0.6) is 0 Å². The lowest BCUT2D eigenvalue weighted by Gasteiger charge is -2.25. The third-order valence-electron chi connectivity index (χ3n) is 4.44. The quantitative estimate of drug-likeness (QED) is 0.621. The molecule has 0 spiro atoms. The summed E-state index contributed by atoms with van der Waals surface area (Å²) < 4.78 is 0. The van der Waals surface area contributed by atoms with Crippen molar-refractivity contribution in [3.8, 4) is 0 Å². The van der Waals surface area contributed by atoms with Crippen LogP contribution >= 0.6 is 35.6 Å². The molecule has 0 saturated carbocycles. The normalized spacial score (nSPS) is 24.9. The van der Waals surface area contributed by atoms with Gasteiger partial charge in [0.1, 0.15) is 0 Å². The molecule has 2 atom stereocenters. The summed E-state index contributed by atoms with van der Waals surface area (Å²) >= 11 is 13.5. The largest absolute Gasteiger partial charge is 0.332 e. The first-order valence-electron chi connectivity index (χ1n) is 8.84. The van der Waals surface area contributed by atoms with Gasteiger partial charge in [-0.05, 0) is 64.0 Å². The predicted molar refractivity (Wildman–Crippen MR) is 119 cm³/mol. The van der Waals surface area contributed by atoms with Gasteiger partial charge in [0.05, 0.1) is 6.04 Å². The van der Waals surface area contributed by atoms with Gasteiger partial charge in [0.2, 0.25) is 0 Å².